The minimum Gasteiger partial charge on any atom is -0.0839 e. The van der Waals surface area contributed by atoms with Gasteiger partial charge in [0.2, 0.25) is 0 Å². The van der Waals surface area contributed by atoms with Crippen molar-refractivity contribution >= 4 is 6.08 Å². The maximum Gasteiger partial charge on any atom is -0.0228 e. The molecule has 0 heteroatoms. The molecule has 0 amide bonds. The Bertz CT molecular complexity index is 345. The first-order chi connectivity index (χ1) is 7.16. The van der Waals surface area contributed by atoms with Crippen molar-refractivity contribution in [3.8, 4) is 0 Å². The number of hydrogen-bond acceptors (Lipinski definition) is 0. The molecule has 0 saturated heterocycles. The van der Waals surface area contributed by atoms with E-state index in [1.165, 1.54) is 41.5 Å². The van der Waals surface area contributed by atoms with Crippen LogP contribution in [0, 0.1) is 20.8 Å². The third-order valence-electron chi connectivity index (χ3n) is 3.12. The zero-order chi connectivity index (χ0) is 11.3. The highest BCUT2D eigenvalue weighted by Gasteiger charge is 1.99. The molecule has 0 atom stereocenters. The topological polar surface area (TPSA) is 0 Å². The Morgan fingerprint density at radius 3 is 2.47 bits per heavy atom. The van der Waals surface area contributed by atoms with E-state index in [4.69, 9.17) is 0 Å². The van der Waals surface area contributed by atoms with E-state index in [1.54, 1.807) is 0 Å². The lowest BCUT2D eigenvalue weighted by atomic mass is 9.98. The summed E-state index contributed by atoms with van der Waals surface area (Å²) in [7, 11) is 0. The molecule has 0 aliphatic heterocycles. The molecule has 0 unspecified atom stereocenters. The fourth-order valence-corrected chi connectivity index (χ4v) is 1.69. The van der Waals surface area contributed by atoms with Crippen molar-refractivity contribution in [1.29, 1.82) is 0 Å². The second-order valence-corrected chi connectivity index (χ2v) is 4.27. The summed E-state index contributed by atoms with van der Waals surface area (Å²) in [5.41, 5.74) is 5.60. The van der Waals surface area contributed by atoms with E-state index in [9.17, 15) is 0 Å². The molecule has 1 rings (SSSR count). The molecule has 0 N–H and O–H groups in total. The van der Waals surface area contributed by atoms with Crippen LogP contribution in [-0.2, 0) is 0 Å². The predicted octanol–water partition coefficient (Wildman–Crippen LogP) is 4.82. The highest BCUT2D eigenvalue weighted by molar-refractivity contribution is 5.56. The Balaban J connectivity index is 2.78. The van der Waals surface area contributed by atoms with E-state index in [0.29, 0.717) is 0 Å². The minimum atomic E-state index is 1.20. The summed E-state index contributed by atoms with van der Waals surface area (Å²) in [6, 6.07) is 4.43. The lowest BCUT2D eigenvalue weighted by Crippen LogP contribution is -1.89. The highest BCUT2D eigenvalue weighted by Crippen LogP contribution is 2.18. The van der Waals surface area contributed by atoms with Gasteiger partial charge in [-0.3, -0.25) is 0 Å². The lowest BCUT2D eigenvalue weighted by molar-refractivity contribution is 0.816. The van der Waals surface area contributed by atoms with Gasteiger partial charge in [0.25, 0.3) is 0 Å². The first kappa shape index (κ1) is 12.0. The van der Waals surface area contributed by atoms with Gasteiger partial charge in [0.05, 0.1) is 0 Å². The van der Waals surface area contributed by atoms with Crippen LogP contribution < -0.4 is 0 Å². The van der Waals surface area contributed by atoms with Crippen LogP contribution in [-0.4, -0.2) is 0 Å². The number of unbranched alkanes of at least 4 members (excludes halogenated alkanes) is 2. The van der Waals surface area contributed by atoms with Gasteiger partial charge in [-0.2, -0.15) is 0 Å². The van der Waals surface area contributed by atoms with E-state index in [1.807, 2.05) is 0 Å². The molecule has 0 aromatic heterocycles. The molecular weight excluding hydrogens is 180 g/mol. The van der Waals surface area contributed by atoms with Gasteiger partial charge in [0.1, 0.15) is 0 Å². The Hall–Kier alpha value is -1.04. The Morgan fingerprint density at radius 1 is 1.07 bits per heavy atom. The van der Waals surface area contributed by atoms with Crippen LogP contribution in [0.4, 0.5) is 0 Å². The third-order valence-corrected chi connectivity index (χ3v) is 3.12. The summed E-state index contributed by atoms with van der Waals surface area (Å²) in [5, 5.41) is 0. The number of aryl methyl sites for hydroxylation is 1. The molecule has 0 fully saturated rings. The Labute approximate surface area is 94.0 Å². The summed E-state index contributed by atoms with van der Waals surface area (Å²) in [6.45, 7) is 8.82. The van der Waals surface area contributed by atoms with Gasteiger partial charge in [-0.15, -0.1) is 0 Å². The van der Waals surface area contributed by atoms with Gasteiger partial charge in [0.15, 0.2) is 0 Å². The maximum absolute atomic E-state index is 2.29. The summed E-state index contributed by atoms with van der Waals surface area (Å²) < 4.78 is 0. The van der Waals surface area contributed by atoms with Crippen LogP contribution in [0.15, 0.2) is 18.2 Å². The number of benzene rings is 1. The Morgan fingerprint density at radius 2 is 1.80 bits per heavy atom. The molecule has 0 spiro atoms. The van der Waals surface area contributed by atoms with E-state index in [-0.39, 0.29) is 0 Å². The van der Waals surface area contributed by atoms with Crippen LogP contribution in [0.3, 0.4) is 0 Å². The molecular formula is C15H22. The van der Waals surface area contributed by atoms with Gasteiger partial charge in [-0.1, -0.05) is 44.1 Å². The zero-order valence-electron chi connectivity index (χ0n) is 10.4. The zero-order valence-corrected chi connectivity index (χ0v) is 10.4. The van der Waals surface area contributed by atoms with Crippen LogP contribution in [0.25, 0.3) is 6.08 Å². The van der Waals surface area contributed by atoms with Crippen molar-refractivity contribution in [2.75, 3.05) is 0 Å². The first-order valence-electron chi connectivity index (χ1n) is 5.90. The van der Waals surface area contributed by atoms with Crippen molar-refractivity contribution in [3.05, 3.63) is 40.5 Å². The summed E-state index contributed by atoms with van der Waals surface area (Å²) in [6.07, 6.45) is 8.32. The van der Waals surface area contributed by atoms with E-state index in [2.05, 4.69) is 52.0 Å². The second-order valence-electron chi connectivity index (χ2n) is 4.27. The summed E-state index contributed by atoms with van der Waals surface area (Å²) in [5.74, 6) is 0. The molecule has 82 valence electrons. The predicted molar refractivity (Wildman–Crippen MR) is 69.2 cm³/mol. The van der Waals surface area contributed by atoms with Gasteiger partial charge in [0, 0.05) is 0 Å². The molecule has 0 nitrogen and oxygen atoms in total. The molecule has 0 radical (unpaired) electrons. The molecule has 15 heavy (non-hydrogen) atoms. The van der Waals surface area contributed by atoms with Gasteiger partial charge in [-0.25, -0.2) is 0 Å². The lowest BCUT2D eigenvalue weighted by Gasteiger charge is -2.07. The third kappa shape index (κ3) is 3.23. The SMILES string of the molecule is CCCCC=Cc1ccc(C)c(C)c1C. The quantitative estimate of drug-likeness (QED) is 0.614. The van der Waals surface area contributed by atoms with Gasteiger partial charge in [-0.05, 0) is 49.4 Å². The average Bonchev–Trinajstić information content (AvgIpc) is 2.24. The van der Waals surface area contributed by atoms with E-state index < -0.39 is 0 Å². The van der Waals surface area contributed by atoms with Crippen molar-refractivity contribution in [1.82, 2.24) is 0 Å². The van der Waals surface area contributed by atoms with Crippen molar-refractivity contribution < 1.29 is 0 Å². The van der Waals surface area contributed by atoms with E-state index >= 15 is 0 Å². The fourth-order valence-electron chi connectivity index (χ4n) is 1.69. The van der Waals surface area contributed by atoms with Crippen molar-refractivity contribution in [3.63, 3.8) is 0 Å². The van der Waals surface area contributed by atoms with E-state index in [0.717, 1.165) is 0 Å². The van der Waals surface area contributed by atoms with Crippen LogP contribution in [0.2, 0.25) is 0 Å². The first-order valence-corrected chi connectivity index (χ1v) is 5.90. The monoisotopic (exact) mass is 202 g/mol. The van der Waals surface area contributed by atoms with Crippen molar-refractivity contribution in [2.45, 2.75) is 47.0 Å². The number of hydrogen-bond donors (Lipinski definition) is 0. The molecule has 1 aromatic rings. The van der Waals surface area contributed by atoms with Crippen LogP contribution in [0.1, 0.15) is 48.4 Å². The van der Waals surface area contributed by atoms with Crippen molar-refractivity contribution in [2.24, 2.45) is 0 Å². The minimum absolute atomic E-state index is 1.20. The smallest absolute Gasteiger partial charge is 0.0228 e. The van der Waals surface area contributed by atoms with Crippen LogP contribution >= 0.6 is 0 Å². The molecule has 0 aliphatic carbocycles. The molecule has 0 heterocycles. The van der Waals surface area contributed by atoms with Gasteiger partial charge >= 0.3 is 0 Å². The van der Waals surface area contributed by atoms with Crippen LogP contribution in [0.5, 0.6) is 0 Å². The molecule has 0 bridgehead atoms. The molecule has 0 saturated carbocycles. The number of rotatable bonds is 4. The normalized spacial score (nSPS) is 11.2. The second kappa shape index (κ2) is 5.75. The molecule has 0 aliphatic rings. The maximum atomic E-state index is 2.29. The summed E-state index contributed by atoms with van der Waals surface area (Å²) >= 11 is 0. The largest absolute Gasteiger partial charge is 0.0839 e. The standard InChI is InChI=1S/C15H22/c1-5-6-7-8-9-15-11-10-12(2)13(3)14(15)4/h8-11H,5-7H2,1-4H3. The Kier molecular flexibility index (Phi) is 4.61. The summed E-state index contributed by atoms with van der Waals surface area (Å²) in [4.78, 5) is 0. The number of allylic oxidation sites excluding steroid dienone is 1. The fraction of sp³-hybridized carbons (Fsp3) is 0.467. The highest BCUT2D eigenvalue weighted by atomic mass is 14.0. The molecule has 1 aromatic carbocycles. The average molecular weight is 202 g/mol. The van der Waals surface area contributed by atoms with Gasteiger partial charge < -0.3 is 0 Å².